The average molecular weight is 353 g/mol. The first-order valence-corrected chi connectivity index (χ1v) is 9.10. The van der Waals surface area contributed by atoms with Crippen LogP contribution < -0.4 is 9.88 Å². The first kappa shape index (κ1) is 15.4. The standard InChI is InChI=1S/C19H17N3S2/c1-12-7-9-14(10-8-12)22-18(13(2)20-19(22)23)16-11-24-17-6-4-3-5-15(17)21-16/h3-11,21H,1-2H3,(H,20,23)/p+1. The minimum absolute atomic E-state index is 0.818. The van der Waals surface area contributed by atoms with Crippen LogP contribution in [0.15, 0.2) is 64.0 Å². The number of aromatic amines is 1. The molecular formula is C19H18N3S2+. The van der Waals surface area contributed by atoms with Gasteiger partial charge in [0, 0.05) is 17.2 Å². The van der Waals surface area contributed by atoms with Crippen molar-refractivity contribution < 1.29 is 4.57 Å². The van der Waals surface area contributed by atoms with Gasteiger partial charge < -0.3 is 5.32 Å². The van der Waals surface area contributed by atoms with Crippen LogP contribution in [0.4, 0.5) is 5.69 Å². The van der Waals surface area contributed by atoms with Gasteiger partial charge >= 0.3 is 5.16 Å². The number of H-pyrrole nitrogens is 1. The maximum atomic E-state index is 4.65. The largest absolute Gasteiger partial charge is 0.351 e. The molecule has 1 aliphatic rings. The number of anilines is 1. The lowest BCUT2D eigenvalue weighted by atomic mass is 10.2. The molecule has 0 amide bonds. The fraction of sp³-hybridized carbons (Fsp3) is 0.105. The normalized spacial score (nSPS) is 13.2. The molecule has 0 aliphatic carbocycles. The summed E-state index contributed by atoms with van der Waals surface area (Å²) in [5.74, 6) is 0. The van der Waals surface area contributed by atoms with Gasteiger partial charge in [-0.15, -0.1) is 0 Å². The molecule has 4 rings (SSSR count). The molecule has 2 N–H and O–H groups in total. The van der Waals surface area contributed by atoms with Crippen LogP contribution in [-0.4, -0.2) is 4.98 Å². The van der Waals surface area contributed by atoms with E-state index < -0.39 is 0 Å². The first-order valence-electron chi connectivity index (χ1n) is 7.77. The Hall–Kier alpha value is -2.11. The Kier molecular flexibility index (Phi) is 3.90. The van der Waals surface area contributed by atoms with Gasteiger partial charge in [0.1, 0.15) is 11.4 Å². The van der Waals surface area contributed by atoms with Crippen LogP contribution in [0.1, 0.15) is 17.0 Å². The van der Waals surface area contributed by atoms with Crippen molar-refractivity contribution in [3.8, 4) is 5.69 Å². The van der Waals surface area contributed by atoms with Crippen molar-refractivity contribution >= 4 is 35.8 Å². The average Bonchev–Trinajstić information content (AvgIpc) is 2.89. The Bertz CT molecular complexity index is 940. The highest BCUT2D eigenvalue weighted by Gasteiger charge is 2.27. The van der Waals surface area contributed by atoms with Gasteiger partial charge in [-0.05, 0) is 31.2 Å². The van der Waals surface area contributed by atoms with Gasteiger partial charge in [0.15, 0.2) is 5.69 Å². The third kappa shape index (κ3) is 2.64. The Morgan fingerprint density at radius 1 is 1.00 bits per heavy atom. The van der Waals surface area contributed by atoms with Crippen molar-refractivity contribution in [3.05, 3.63) is 70.9 Å². The Labute approximate surface area is 151 Å². The van der Waals surface area contributed by atoms with Crippen molar-refractivity contribution in [2.45, 2.75) is 23.9 Å². The molecule has 0 spiro atoms. The van der Waals surface area contributed by atoms with E-state index in [1.807, 2.05) is 0 Å². The molecule has 2 heterocycles. The van der Waals surface area contributed by atoms with E-state index in [9.17, 15) is 0 Å². The number of nitrogens with zero attached hydrogens (tertiary/aromatic N) is 1. The van der Waals surface area contributed by atoms with Crippen LogP contribution in [0.25, 0.3) is 11.4 Å². The minimum atomic E-state index is 0.818. The maximum absolute atomic E-state index is 4.65. The Morgan fingerprint density at radius 3 is 2.54 bits per heavy atom. The number of fused-ring (bicyclic) bond motifs is 1. The van der Waals surface area contributed by atoms with E-state index in [-0.39, 0.29) is 0 Å². The summed E-state index contributed by atoms with van der Waals surface area (Å²) in [4.78, 5) is 4.59. The summed E-state index contributed by atoms with van der Waals surface area (Å²) in [6, 6.07) is 16.8. The third-order valence-electron chi connectivity index (χ3n) is 4.10. The molecule has 120 valence electrons. The number of thioether (sulfide) groups is 1. The van der Waals surface area contributed by atoms with Crippen molar-refractivity contribution in [3.63, 3.8) is 0 Å². The molecule has 2 aromatic carbocycles. The Balaban J connectivity index is 1.82. The molecule has 1 aliphatic heterocycles. The molecule has 5 heteroatoms. The fourth-order valence-corrected chi connectivity index (χ4v) is 4.11. The van der Waals surface area contributed by atoms with E-state index in [0.29, 0.717) is 0 Å². The molecule has 0 bridgehead atoms. The van der Waals surface area contributed by atoms with E-state index >= 15 is 0 Å². The topological polar surface area (TPSA) is 31.7 Å². The number of benzene rings is 2. The van der Waals surface area contributed by atoms with E-state index in [1.165, 1.54) is 10.5 Å². The second-order valence-corrected chi connectivity index (χ2v) is 7.20. The monoisotopic (exact) mass is 352 g/mol. The van der Waals surface area contributed by atoms with Gasteiger partial charge in [-0.25, -0.2) is 4.98 Å². The van der Waals surface area contributed by atoms with Crippen LogP contribution in [0.2, 0.25) is 0 Å². The molecule has 3 nitrogen and oxygen atoms in total. The van der Waals surface area contributed by atoms with E-state index in [2.05, 4.69) is 95.3 Å². The summed E-state index contributed by atoms with van der Waals surface area (Å²) < 4.78 is 2.14. The number of aryl methyl sites for hydroxylation is 2. The number of para-hydroxylation sites is 1. The lowest BCUT2D eigenvalue weighted by molar-refractivity contribution is -0.637. The molecule has 3 aromatic rings. The van der Waals surface area contributed by atoms with Crippen molar-refractivity contribution in [1.82, 2.24) is 4.98 Å². The molecule has 0 radical (unpaired) electrons. The van der Waals surface area contributed by atoms with Crippen LogP contribution in [0.3, 0.4) is 0 Å². The van der Waals surface area contributed by atoms with Crippen molar-refractivity contribution in [1.29, 1.82) is 0 Å². The minimum Gasteiger partial charge on any atom is -0.351 e. The molecule has 0 atom stereocenters. The lowest BCUT2D eigenvalue weighted by Gasteiger charge is -2.18. The second kappa shape index (κ2) is 6.07. The predicted octanol–water partition coefficient (Wildman–Crippen LogP) is 4.71. The summed E-state index contributed by atoms with van der Waals surface area (Å²) in [5.41, 5.74) is 6.74. The second-order valence-electron chi connectivity index (χ2n) is 5.86. The molecule has 0 saturated heterocycles. The number of hydrogen-bond donors (Lipinski definition) is 3. The molecule has 0 unspecified atom stereocenters. The molecule has 24 heavy (non-hydrogen) atoms. The quantitative estimate of drug-likeness (QED) is 0.461. The zero-order chi connectivity index (χ0) is 16.7. The fourth-order valence-electron chi connectivity index (χ4n) is 2.91. The van der Waals surface area contributed by atoms with Crippen LogP contribution in [0.5, 0.6) is 0 Å². The first-order chi connectivity index (χ1) is 11.6. The summed E-state index contributed by atoms with van der Waals surface area (Å²) in [5, 5.41) is 6.54. The number of rotatable bonds is 2. The maximum Gasteiger partial charge on any atom is 0.318 e. The van der Waals surface area contributed by atoms with Gasteiger partial charge in [-0.1, -0.05) is 54.2 Å². The predicted molar refractivity (Wildman–Crippen MR) is 103 cm³/mol. The van der Waals surface area contributed by atoms with E-state index in [1.54, 1.807) is 11.8 Å². The van der Waals surface area contributed by atoms with E-state index in [0.717, 1.165) is 33.6 Å². The van der Waals surface area contributed by atoms with Crippen LogP contribution in [-0.2, 0) is 0 Å². The van der Waals surface area contributed by atoms with Crippen molar-refractivity contribution in [2.24, 2.45) is 0 Å². The highest BCUT2D eigenvalue weighted by molar-refractivity contribution is 8.02. The van der Waals surface area contributed by atoms with Gasteiger partial charge in [0.05, 0.1) is 11.4 Å². The zero-order valence-electron chi connectivity index (χ0n) is 13.5. The summed E-state index contributed by atoms with van der Waals surface area (Å²) in [6.45, 7) is 4.17. The van der Waals surface area contributed by atoms with Crippen molar-refractivity contribution in [2.75, 3.05) is 5.32 Å². The highest BCUT2D eigenvalue weighted by Crippen LogP contribution is 2.37. The number of hydrogen-bond acceptors (Lipinski definition) is 3. The van der Waals surface area contributed by atoms with Crippen LogP contribution >= 0.6 is 24.4 Å². The highest BCUT2D eigenvalue weighted by atomic mass is 32.2. The lowest BCUT2D eigenvalue weighted by Crippen LogP contribution is -2.36. The zero-order valence-corrected chi connectivity index (χ0v) is 15.2. The Morgan fingerprint density at radius 2 is 1.75 bits per heavy atom. The number of aromatic nitrogens is 2. The van der Waals surface area contributed by atoms with Gasteiger partial charge in [0.25, 0.3) is 0 Å². The molecule has 0 saturated carbocycles. The third-order valence-corrected chi connectivity index (χ3v) is 5.37. The summed E-state index contributed by atoms with van der Waals surface area (Å²) >= 11 is 6.39. The van der Waals surface area contributed by atoms with Gasteiger partial charge in [0.2, 0.25) is 0 Å². The van der Waals surface area contributed by atoms with Gasteiger partial charge in [-0.3, -0.25) is 0 Å². The van der Waals surface area contributed by atoms with Crippen LogP contribution in [0, 0.1) is 13.8 Å². The number of nitrogens with one attached hydrogen (secondary N) is 2. The molecular weight excluding hydrogens is 334 g/mol. The molecule has 0 fully saturated rings. The van der Waals surface area contributed by atoms with Gasteiger partial charge in [-0.2, -0.15) is 4.57 Å². The SMILES string of the molecule is Cc1ccc(-[n+]2c(S)[nH]c(C)c2C2=CSc3ccccc3N2)cc1. The number of thiol groups is 1. The summed E-state index contributed by atoms with van der Waals surface area (Å²) in [6.07, 6.45) is 0. The summed E-state index contributed by atoms with van der Waals surface area (Å²) in [7, 11) is 0. The smallest absolute Gasteiger partial charge is 0.318 e. The number of imidazole rings is 1. The molecule has 1 aromatic heterocycles. The van der Waals surface area contributed by atoms with E-state index in [4.69, 9.17) is 0 Å².